The number of hydrogen-bond acceptors (Lipinski definition) is 4. The molecule has 4 N–H and O–H groups in total. The summed E-state index contributed by atoms with van der Waals surface area (Å²) < 4.78 is 0. The molecule has 0 aliphatic heterocycles. The molecule has 4 rings (SSSR count). The van der Waals surface area contributed by atoms with E-state index in [1.54, 1.807) is 42.7 Å². The van der Waals surface area contributed by atoms with Crippen molar-refractivity contribution in [2.45, 2.75) is 45.4 Å². The molecular formula is C24H27N5O3. The van der Waals surface area contributed by atoms with Crippen molar-refractivity contribution in [3.63, 3.8) is 0 Å². The molecule has 166 valence electrons. The van der Waals surface area contributed by atoms with Crippen LogP contribution in [0.1, 0.15) is 57.0 Å². The Balaban J connectivity index is 1.66. The smallest absolute Gasteiger partial charge is 0.272 e. The average Bonchev–Trinajstić information content (AvgIpc) is 3.13. The van der Waals surface area contributed by atoms with Gasteiger partial charge in [0.25, 0.3) is 11.1 Å². The number of imidazole rings is 1. The molecule has 1 saturated carbocycles. The Kier molecular flexibility index (Phi) is 5.69. The van der Waals surface area contributed by atoms with Gasteiger partial charge in [0.1, 0.15) is 10.7 Å². The quantitative estimate of drug-likeness (QED) is 0.498. The molecule has 0 radical (unpaired) electrons. The van der Waals surface area contributed by atoms with Crippen LogP contribution in [0.25, 0.3) is 12.2 Å². The lowest BCUT2D eigenvalue weighted by molar-refractivity contribution is -0.122. The monoisotopic (exact) mass is 433 g/mol. The highest BCUT2D eigenvalue weighted by atomic mass is 16.2. The fourth-order valence-corrected chi connectivity index (χ4v) is 3.64. The third kappa shape index (κ3) is 4.64. The summed E-state index contributed by atoms with van der Waals surface area (Å²) in [7, 11) is 0. The number of nitrogens with zero attached hydrogens (tertiary/aromatic N) is 1. The predicted octanol–water partition coefficient (Wildman–Crippen LogP) is 1.48. The fraction of sp³-hybridized carbons (Fsp3) is 0.333. The first-order valence-corrected chi connectivity index (χ1v) is 10.7. The normalized spacial score (nSPS) is 15.6. The highest BCUT2D eigenvalue weighted by Gasteiger charge is 2.25. The van der Waals surface area contributed by atoms with E-state index < -0.39 is 11.1 Å². The molecule has 3 aromatic rings. The van der Waals surface area contributed by atoms with Gasteiger partial charge in [0.15, 0.2) is 0 Å². The molecular weight excluding hydrogens is 406 g/mol. The van der Waals surface area contributed by atoms with Gasteiger partial charge in [-0.05, 0) is 42.7 Å². The van der Waals surface area contributed by atoms with E-state index in [-0.39, 0.29) is 27.9 Å². The van der Waals surface area contributed by atoms with Gasteiger partial charge in [-0.3, -0.25) is 14.4 Å². The van der Waals surface area contributed by atoms with E-state index in [0.717, 1.165) is 25.0 Å². The van der Waals surface area contributed by atoms with Gasteiger partial charge in [0.05, 0.1) is 12.0 Å². The van der Waals surface area contributed by atoms with E-state index in [4.69, 9.17) is 0 Å². The van der Waals surface area contributed by atoms with Gasteiger partial charge in [-0.1, -0.05) is 39.3 Å². The zero-order chi connectivity index (χ0) is 22.9. The van der Waals surface area contributed by atoms with Gasteiger partial charge >= 0.3 is 0 Å². The van der Waals surface area contributed by atoms with E-state index in [1.807, 2.05) is 20.8 Å². The van der Waals surface area contributed by atoms with Crippen LogP contribution >= 0.6 is 0 Å². The first-order valence-electron chi connectivity index (χ1n) is 10.7. The van der Waals surface area contributed by atoms with Gasteiger partial charge in [-0.25, -0.2) is 4.98 Å². The number of rotatable bonds is 4. The third-order valence-electron chi connectivity index (χ3n) is 5.63. The van der Waals surface area contributed by atoms with Crippen LogP contribution in [0, 0.1) is 5.92 Å². The van der Waals surface area contributed by atoms with Crippen molar-refractivity contribution in [1.82, 2.24) is 19.9 Å². The van der Waals surface area contributed by atoms with Gasteiger partial charge in [-0.2, -0.15) is 0 Å². The highest BCUT2D eigenvalue weighted by Crippen LogP contribution is 2.27. The topological polar surface area (TPSA) is 123 Å². The van der Waals surface area contributed by atoms with Crippen molar-refractivity contribution in [1.29, 1.82) is 0 Å². The number of anilines is 1. The lowest BCUT2D eigenvalue weighted by Gasteiger charge is -2.24. The average molecular weight is 434 g/mol. The molecule has 0 spiro atoms. The lowest BCUT2D eigenvalue weighted by Crippen LogP contribution is -2.46. The zero-order valence-corrected chi connectivity index (χ0v) is 18.4. The van der Waals surface area contributed by atoms with Crippen molar-refractivity contribution < 1.29 is 4.79 Å². The van der Waals surface area contributed by atoms with Gasteiger partial charge in [0, 0.05) is 22.7 Å². The van der Waals surface area contributed by atoms with E-state index in [2.05, 4.69) is 25.3 Å². The number of H-pyrrole nitrogens is 3. The second-order valence-electron chi connectivity index (χ2n) is 9.18. The Hall–Kier alpha value is -3.68. The molecule has 2 aromatic heterocycles. The molecule has 0 saturated heterocycles. The van der Waals surface area contributed by atoms with Gasteiger partial charge in [-0.15, -0.1) is 0 Å². The van der Waals surface area contributed by atoms with Gasteiger partial charge in [0.2, 0.25) is 5.91 Å². The fourth-order valence-electron chi connectivity index (χ4n) is 3.64. The Bertz CT molecular complexity index is 1380. The Morgan fingerprint density at radius 1 is 1.09 bits per heavy atom. The van der Waals surface area contributed by atoms with E-state index in [9.17, 15) is 14.4 Å². The van der Waals surface area contributed by atoms with Crippen LogP contribution in [-0.2, 0) is 10.2 Å². The van der Waals surface area contributed by atoms with E-state index in [0.29, 0.717) is 16.9 Å². The number of hydrogen-bond donors (Lipinski definition) is 4. The number of benzene rings is 1. The molecule has 8 heteroatoms. The Labute approximate surface area is 184 Å². The summed E-state index contributed by atoms with van der Waals surface area (Å²) in [6.07, 6.45) is 7.65. The van der Waals surface area contributed by atoms with Crippen molar-refractivity contribution in [3.05, 3.63) is 78.9 Å². The van der Waals surface area contributed by atoms with Crippen LogP contribution in [0.15, 0.2) is 40.2 Å². The molecule has 1 aliphatic carbocycles. The summed E-state index contributed by atoms with van der Waals surface area (Å²) >= 11 is 0. The van der Waals surface area contributed by atoms with E-state index >= 15 is 0 Å². The zero-order valence-electron chi connectivity index (χ0n) is 18.4. The Morgan fingerprint density at radius 3 is 2.41 bits per heavy atom. The van der Waals surface area contributed by atoms with Crippen LogP contribution < -0.4 is 27.1 Å². The van der Waals surface area contributed by atoms with Crippen molar-refractivity contribution in [3.8, 4) is 0 Å². The molecule has 1 amide bonds. The molecule has 2 heterocycles. The molecule has 1 aromatic carbocycles. The maximum atomic E-state index is 12.6. The minimum absolute atomic E-state index is 0.0209. The summed E-state index contributed by atoms with van der Waals surface area (Å²) in [5.41, 5.74) is 1.78. The second-order valence-corrected chi connectivity index (χ2v) is 9.18. The van der Waals surface area contributed by atoms with E-state index in [1.165, 1.54) is 0 Å². The number of nitrogens with one attached hydrogen (secondary N) is 4. The minimum atomic E-state index is -0.424. The minimum Gasteiger partial charge on any atom is -0.348 e. The lowest BCUT2D eigenvalue weighted by atomic mass is 9.85. The van der Waals surface area contributed by atoms with Crippen molar-refractivity contribution >= 4 is 23.7 Å². The maximum Gasteiger partial charge on any atom is 0.272 e. The molecule has 8 nitrogen and oxygen atoms in total. The number of carbonyl (C=O) groups is 1. The number of carbonyl (C=O) groups excluding carboxylic acids is 1. The highest BCUT2D eigenvalue weighted by molar-refractivity contribution is 5.93. The second kappa shape index (κ2) is 8.45. The molecule has 1 aliphatic rings. The summed E-state index contributed by atoms with van der Waals surface area (Å²) in [6.45, 7) is 6.10. The number of amides is 1. The Morgan fingerprint density at radius 2 is 1.78 bits per heavy atom. The molecule has 0 unspecified atom stereocenters. The largest absolute Gasteiger partial charge is 0.348 e. The molecule has 32 heavy (non-hydrogen) atoms. The molecule has 0 bridgehead atoms. The molecule has 0 atom stereocenters. The standard InChI is InChI=1S/C24H27N5O3/c1-24(2,3)20-17(25-13-26-20)12-19-23(32)28-18(22(31)29-19)11-14-6-4-9-16(10-14)27-21(30)15-7-5-8-15/h4,6,9-13,15H,5,7-8H2,1-3H3,(H,25,26)(H,27,30)(H,28,32)(H,29,31)/b18-11-,19-12-. The van der Waals surface area contributed by atoms with Crippen LogP contribution in [0.4, 0.5) is 5.69 Å². The van der Waals surface area contributed by atoms with Crippen molar-refractivity contribution in [2.75, 3.05) is 5.32 Å². The number of aromatic nitrogens is 4. The van der Waals surface area contributed by atoms with Crippen molar-refractivity contribution in [2.24, 2.45) is 5.92 Å². The van der Waals surface area contributed by atoms with Crippen LogP contribution in [-0.4, -0.2) is 25.8 Å². The molecule has 1 fully saturated rings. The summed E-state index contributed by atoms with van der Waals surface area (Å²) in [5.74, 6) is 0.103. The first-order chi connectivity index (χ1) is 15.2. The third-order valence-corrected chi connectivity index (χ3v) is 5.63. The summed E-state index contributed by atoms with van der Waals surface area (Å²) in [5, 5.41) is 3.18. The first kappa shape index (κ1) is 21.5. The number of aromatic amines is 3. The van der Waals surface area contributed by atoms with Crippen LogP contribution in [0.2, 0.25) is 0 Å². The summed E-state index contributed by atoms with van der Waals surface area (Å²) in [4.78, 5) is 50.1. The maximum absolute atomic E-state index is 12.6. The summed E-state index contributed by atoms with van der Waals surface area (Å²) in [6, 6.07) is 7.17. The van der Waals surface area contributed by atoms with Gasteiger partial charge < -0.3 is 20.3 Å². The van der Waals surface area contributed by atoms with Crippen LogP contribution in [0.3, 0.4) is 0 Å². The SMILES string of the molecule is CC(C)(C)c1[nH]cnc1/C=c1\[nH]c(=O)/c(=C/c2cccc(NC(=O)C3CCC3)c2)[nH]c1=O. The predicted molar refractivity (Wildman–Crippen MR) is 124 cm³/mol. The van der Waals surface area contributed by atoms with Crippen LogP contribution in [0.5, 0.6) is 0 Å².